The number of hydrogen-bond donors (Lipinski definition) is 0. The molecular formula is C16H24O5. The van der Waals surface area contributed by atoms with Crippen LogP contribution in [0, 0.1) is 0 Å². The van der Waals surface area contributed by atoms with Crippen molar-refractivity contribution in [3.8, 4) is 5.75 Å². The molecule has 0 N–H and O–H groups in total. The SMILES string of the molecule is COc1ccc(C2(OC)CCOCC2)cc1C(OC)OC. The van der Waals surface area contributed by atoms with Crippen LogP contribution in [0.4, 0.5) is 0 Å². The highest BCUT2D eigenvalue weighted by Gasteiger charge is 2.35. The fourth-order valence-corrected chi connectivity index (χ4v) is 2.86. The van der Waals surface area contributed by atoms with Crippen molar-refractivity contribution >= 4 is 0 Å². The van der Waals surface area contributed by atoms with Crippen LogP contribution in [-0.4, -0.2) is 41.7 Å². The molecule has 0 amide bonds. The molecule has 1 fully saturated rings. The second kappa shape index (κ2) is 7.22. The minimum Gasteiger partial charge on any atom is -0.496 e. The zero-order chi connectivity index (χ0) is 15.3. The van der Waals surface area contributed by atoms with E-state index in [0.717, 1.165) is 29.7 Å². The van der Waals surface area contributed by atoms with Gasteiger partial charge in [-0.1, -0.05) is 6.07 Å². The van der Waals surface area contributed by atoms with Gasteiger partial charge >= 0.3 is 0 Å². The summed E-state index contributed by atoms with van der Waals surface area (Å²) in [5.74, 6) is 0.741. The van der Waals surface area contributed by atoms with Crippen LogP contribution < -0.4 is 4.74 Å². The lowest BCUT2D eigenvalue weighted by molar-refractivity contribution is -0.108. The van der Waals surface area contributed by atoms with Gasteiger partial charge in [-0.2, -0.15) is 0 Å². The number of hydrogen-bond acceptors (Lipinski definition) is 5. The molecule has 0 atom stereocenters. The molecule has 21 heavy (non-hydrogen) atoms. The molecule has 0 saturated carbocycles. The summed E-state index contributed by atoms with van der Waals surface area (Å²) in [5.41, 5.74) is 1.65. The molecule has 1 aromatic carbocycles. The second-order valence-corrected chi connectivity index (χ2v) is 5.07. The van der Waals surface area contributed by atoms with Crippen LogP contribution in [0.3, 0.4) is 0 Å². The molecule has 1 aliphatic rings. The third kappa shape index (κ3) is 3.21. The van der Waals surface area contributed by atoms with Gasteiger partial charge < -0.3 is 23.7 Å². The van der Waals surface area contributed by atoms with E-state index in [1.165, 1.54) is 0 Å². The fraction of sp³-hybridized carbons (Fsp3) is 0.625. The van der Waals surface area contributed by atoms with Crippen molar-refractivity contribution < 1.29 is 23.7 Å². The fourth-order valence-electron chi connectivity index (χ4n) is 2.86. The van der Waals surface area contributed by atoms with Crippen molar-refractivity contribution in [1.29, 1.82) is 0 Å². The molecule has 0 bridgehead atoms. The summed E-state index contributed by atoms with van der Waals surface area (Å²) in [6, 6.07) is 6.02. The molecular weight excluding hydrogens is 272 g/mol. The Labute approximate surface area is 126 Å². The summed E-state index contributed by atoms with van der Waals surface area (Å²) >= 11 is 0. The Morgan fingerprint density at radius 1 is 1.05 bits per heavy atom. The molecule has 0 unspecified atom stereocenters. The zero-order valence-corrected chi connectivity index (χ0v) is 13.2. The molecule has 1 saturated heterocycles. The van der Waals surface area contributed by atoms with Gasteiger partial charge in [0, 0.05) is 47.4 Å². The monoisotopic (exact) mass is 296 g/mol. The summed E-state index contributed by atoms with van der Waals surface area (Å²) in [6.45, 7) is 1.40. The van der Waals surface area contributed by atoms with Crippen LogP contribution in [0.1, 0.15) is 30.3 Å². The first kappa shape index (κ1) is 16.2. The molecule has 5 heteroatoms. The quantitative estimate of drug-likeness (QED) is 0.755. The van der Waals surface area contributed by atoms with Gasteiger partial charge in [0.1, 0.15) is 5.75 Å². The van der Waals surface area contributed by atoms with Gasteiger partial charge in [0.15, 0.2) is 6.29 Å². The van der Waals surface area contributed by atoms with Crippen molar-refractivity contribution in [3.63, 3.8) is 0 Å². The van der Waals surface area contributed by atoms with Gasteiger partial charge in [0.2, 0.25) is 0 Å². The molecule has 1 aliphatic heterocycles. The van der Waals surface area contributed by atoms with E-state index in [2.05, 4.69) is 0 Å². The second-order valence-electron chi connectivity index (χ2n) is 5.07. The first-order chi connectivity index (χ1) is 10.2. The normalized spacial score (nSPS) is 18.0. The van der Waals surface area contributed by atoms with Gasteiger partial charge in [-0.25, -0.2) is 0 Å². The third-order valence-corrected chi connectivity index (χ3v) is 4.13. The zero-order valence-electron chi connectivity index (χ0n) is 13.2. The van der Waals surface area contributed by atoms with Crippen LogP contribution in [0.25, 0.3) is 0 Å². The molecule has 118 valence electrons. The number of methoxy groups -OCH3 is 4. The van der Waals surface area contributed by atoms with E-state index in [9.17, 15) is 0 Å². The summed E-state index contributed by atoms with van der Waals surface area (Å²) in [7, 11) is 6.61. The Balaban J connectivity index is 2.42. The van der Waals surface area contributed by atoms with Gasteiger partial charge in [-0.05, 0) is 17.7 Å². The molecule has 0 spiro atoms. The van der Waals surface area contributed by atoms with E-state index in [0.29, 0.717) is 13.2 Å². The summed E-state index contributed by atoms with van der Waals surface area (Å²) in [5, 5.41) is 0. The lowest BCUT2D eigenvalue weighted by Gasteiger charge is -2.37. The van der Waals surface area contributed by atoms with Crippen LogP contribution >= 0.6 is 0 Å². The average Bonchev–Trinajstić information content (AvgIpc) is 2.56. The van der Waals surface area contributed by atoms with Crippen LogP contribution in [0.2, 0.25) is 0 Å². The van der Waals surface area contributed by atoms with Crippen molar-refractivity contribution in [1.82, 2.24) is 0 Å². The summed E-state index contributed by atoms with van der Waals surface area (Å²) < 4.78 is 27.4. The highest BCUT2D eigenvalue weighted by molar-refractivity contribution is 5.40. The third-order valence-electron chi connectivity index (χ3n) is 4.13. The number of rotatable bonds is 6. The first-order valence-corrected chi connectivity index (χ1v) is 7.07. The maximum absolute atomic E-state index is 5.84. The Morgan fingerprint density at radius 3 is 2.24 bits per heavy atom. The molecule has 0 aliphatic carbocycles. The van der Waals surface area contributed by atoms with E-state index >= 15 is 0 Å². The Kier molecular flexibility index (Phi) is 5.58. The van der Waals surface area contributed by atoms with Crippen molar-refractivity contribution in [2.24, 2.45) is 0 Å². The lowest BCUT2D eigenvalue weighted by atomic mass is 9.85. The number of benzene rings is 1. The van der Waals surface area contributed by atoms with E-state index in [-0.39, 0.29) is 5.60 Å². The minimum atomic E-state index is -0.464. The van der Waals surface area contributed by atoms with E-state index in [1.807, 2.05) is 18.2 Å². The maximum atomic E-state index is 5.84. The summed E-state index contributed by atoms with van der Waals surface area (Å²) in [4.78, 5) is 0. The molecule has 1 aromatic rings. The van der Waals surface area contributed by atoms with Crippen LogP contribution in [0.15, 0.2) is 18.2 Å². The van der Waals surface area contributed by atoms with Crippen molar-refractivity contribution in [2.75, 3.05) is 41.7 Å². The standard InChI is InChI=1S/C16H24O5/c1-17-14-6-5-12(11-13(14)15(18-2)19-3)16(20-4)7-9-21-10-8-16/h5-6,11,15H,7-10H2,1-4H3. The Hall–Kier alpha value is -1.14. The van der Waals surface area contributed by atoms with E-state index in [1.54, 1.807) is 28.4 Å². The first-order valence-electron chi connectivity index (χ1n) is 7.07. The van der Waals surface area contributed by atoms with Gasteiger partial charge in [-0.15, -0.1) is 0 Å². The average molecular weight is 296 g/mol. The topological polar surface area (TPSA) is 46.2 Å². The number of ether oxygens (including phenoxy) is 5. The van der Waals surface area contributed by atoms with Crippen LogP contribution in [-0.2, 0) is 24.5 Å². The highest BCUT2D eigenvalue weighted by atomic mass is 16.7. The predicted molar refractivity (Wildman–Crippen MR) is 78.5 cm³/mol. The summed E-state index contributed by atoms with van der Waals surface area (Å²) in [6.07, 6.45) is 1.20. The lowest BCUT2D eigenvalue weighted by Crippen LogP contribution is -2.35. The Morgan fingerprint density at radius 2 is 1.71 bits per heavy atom. The molecule has 0 aromatic heterocycles. The predicted octanol–water partition coefficient (Wildman–Crippen LogP) is 2.64. The Bertz CT molecular complexity index is 450. The van der Waals surface area contributed by atoms with Gasteiger partial charge in [0.05, 0.1) is 18.3 Å². The molecule has 2 rings (SSSR count). The van der Waals surface area contributed by atoms with Crippen molar-refractivity contribution in [2.45, 2.75) is 24.7 Å². The highest BCUT2D eigenvalue weighted by Crippen LogP contribution is 2.39. The van der Waals surface area contributed by atoms with E-state index < -0.39 is 6.29 Å². The largest absolute Gasteiger partial charge is 0.496 e. The van der Waals surface area contributed by atoms with E-state index in [4.69, 9.17) is 23.7 Å². The van der Waals surface area contributed by atoms with Gasteiger partial charge in [0.25, 0.3) is 0 Å². The molecule has 1 heterocycles. The molecule has 5 nitrogen and oxygen atoms in total. The molecule has 0 radical (unpaired) electrons. The maximum Gasteiger partial charge on any atom is 0.186 e. The minimum absolute atomic E-state index is 0.314. The van der Waals surface area contributed by atoms with Crippen LogP contribution in [0.5, 0.6) is 5.75 Å². The van der Waals surface area contributed by atoms with Crippen molar-refractivity contribution in [3.05, 3.63) is 29.3 Å². The smallest absolute Gasteiger partial charge is 0.186 e. The van der Waals surface area contributed by atoms with Gasteiger partial charge in [-0.3, -0.25) is 0 Å².